The molecule has 0 atom stereocenters. The van der Waals surface area contributed by atoms with Gasteiger partial charge in [0, 0.05) is 21.2 Å². The molecule has 0 amide bonds. The van der Waals surface area contributed by atoms with Gasteiger partial charge in [0.1, 0.15) is 0 Å². The molecule has 8 aromatic carbocycles. The number of fused-ring (bicyclic) bond motifs is 8. The van der Waals surface area contributed by atoms with E-state index in [9.17, 15) is 0 Å². The van der Waals surface area contributed by atoms with Gasteiger partial charge in [0.25, 0.3) is 0 Å². The maximum atomic E-state index is 3.83. The Bertz CT molecular complexity index is 2650. The van der Waals surface area contributed by atoms with Crippen LogP contribution in [0.5, 0.6) is 0 Å². The molecular formula is C47H31NS. The van der Waals surface area contributed by atoms with Crippen LogP contribution in [-0.2, 0) is 5.41 Å². The number of benzene rings is 8. The molecule has 49 heavy (non-hydrogen) atoms. The number of hydrogen-bond acceptors (Lipinski definition) is 2. The lowest BCUT2D eigenvalue weighted by Crippen LogP contribution is -2.28. The molecule has 0 fully saturated rings. The average molecular weight is 642 g/mol. The van der Waals surface area contributed by atoms with E-state index in [1.165, 1.54) is 75.5 Å². The van der Waals surface area contributed by atoms with Gasteiger partial charge in [-0.2, -0.15) is 0 Å². The fourth-order valence-electron chi connectivity index (χ4n) is 8.28. The lowest BCUT2D eigenvalue weighted by atomic mass is 9.67. The van der Waals surface area contributed by atoms with Crippen LogP contribution in [-0.4, -0.2) is 0 Å². The molecule has 230 valence electrons. The number of rotatable bonds is 5. The van der Waals surface area contributed by atoms with Gasteiger partial charge in [0.2, 0.25) is 0 Å². The first-order valence-corrected chi connectivity index (χ1v) is 17.7. The van der Waals surface area contributed by atoms with Crippen molar-refractivity contribution in [3.05, 3.63) is 204 Å². The van der Waals surface area contributed by atoms with Gasteiger partial charge in [0.15, 0.2) is 0 Å². The second kappa shape index (κ2) is 11.1. The van der Waals surface area contributed by atoms with Crippen molar-refractivity contribution in [1.29, 1.82) is 0 Å². The molecule has 9 aromatic rings. The van der Waals surface area contributed by atoms with Crippen molar-refractivity contribution >= 4 is 53.7 Å². The van der Waals surface area contributed by atoms with Gasteiger partial charge in [0.05, 0.1) is 15.8 Å². The van der Waals surface area contributed by atoms with Gasteiger partial charge in [-0.05, 0) is 73.5 Å². The predicted octanol–water partition coefficient (Wildman–Crippen LogP) is 13.0. The molecule has 0 bridgehead atoms. The molecule has 0 unspecified atom stereocenters. The SMILES string of the molecule is c1ccc(C2(c3ccccc3)c3ccccc3-c3c(-c4cccc(Nc5cccc6c5sc5c7ccccc7ccc65)c4)cccc32)cc1. The van der Waals surface area contributed by atoms with E-state index >= 15 is 0 Å². The first-order valence-electron chi connectivity index (χ1n) is 16.9. The summed E-state index contributed by atoms with van der Waals surface area (Å²) in [5.74, 6) is 0. The van der Waals surface area contributed by atoms with Crippen molar-refractivity contribution in [1.82, 2.24) is 0 Å². The average Bonchev–Trinajstić information content (AvgIpc) is 3.71. The van der Waals surface area contributed by atoms with Gasteiger partial charge in [-0.25, -0.2) is 0 Å². The first-order chi connectivity index (χ1) is 24.3. The highest BCUT2D eigenvalue weighted by atomic mass is 32.1. The van der Waals surface area contributed by atoms with Crippen LogP contribution in [0.1, 0.15) is 22.3 Å². The minimum Gasteiger partial charge on any atom is -0.354 e. The normalized spacial score (nSPS) is 13.1. The van der Waals surface area contributed by atoms with Crippen LogP contribution in [0.15, 0.2) is 182 Å². The maximum Gasteiger partial charge on any atom is 0.0713 e. The third kappa shape index (κ3) is 4.18. The van der Waals surface area contributed by atoms with Gasteiger partial charge in [-0.1, -0.05) is 164 Å². The quantitative estimate of drug-likeness (QED) is 0.197. The fraction of sp³-hybridized carbons (Fsp3) is 0.0213. The molecule has 1 N–H and O–H groups in total. The Labute approximate surface area is 289 Å². The number of anilines is 2. The molecule has 0 radical (unpaired) electrons. The van der Waals surface area contributed by atoms with E-state index in [1.807, 2.05) is 11.3 Å². The van der Waals surface area contributed by atoms with E-state index in [1.54, 1.807) is 0 Å². The second-order valence-corrected chi connectivity index (χ2v) is 13.9. The fourth-order valence-corrected chi connectivity index (χ4v) is 9.58. The summed E-state index contributed by atoms with van der Waals surface area (Å²) in [6.45, 7) is 0. The standard InChI is InChI=1S/C47H31NS/c1-3-16-33(17-4-1)47(34-18-5-2-6-19-34)41-25-10-9-22-40(41)44-36(23-12-26-42(44)47)32-15-11-20-35(30-32)48-43-27-13-24-38-39-29-28-31-14-7-8-21-37(31)45(39)49-46(38)43/h1-30,48H. The maximum absolute atomic E-state index is 3.83. The molecule has 0 saturated carbocycles. The Morgan fingerprint density at radius 1 is 0.429 bits per heavy atom. The molecule has 1 aliphatic carbocycles. The highest BCUT2D eigenvalue weighted by Gasteiger charge is 2.46. The second-order valence-electron chi connectivity index (χ2n) is 12.9. The summed E-state index contributed by atoms with van der Waals surface area (Å²) in [5.41, 5.74) is 12.1. The highest BCUT2D eigenvalue weighted by Crippen LogP contribution is 2.58. The minimum atomic E-state index is -0.415. The van der Waals surface area contributed by atoms with Crippen LogP contribution in [0.2, 0.25) is 0 Å². The summed E-state index contributed by atoms with van der Waals surface area (Å²) in [7, 11) is 0. The lowest BCUT2D eigenvalue weighted by molar-refractivity contribution is 0.768. The summed E-state index contributed by atoms with van der Waals surface area (Å²) in [4.78, 5) is 0. The van der Waals surface area contributed by atoms with Gasteiger partial charge < -0.3 is 5.32 Å². The van der Waals surface area contributed by atoms with Crippen molar-refractivity contribution in [2.24, 2.45) is 0 Å². The Morgan fingerprint density at radius 3 is 1.90 bits per heavy atom. The third-order valence-electron chi connectivity index (χ3n) is 10.3. The zero-order valence-electron chi connectivity index (χ0n) is 26.7. The van der Waals surface area contributed by atoms with Crippen LogP contribution in [0.4, 0.5) is 11.4 Å². The molecule has 1 nitrogen and oxygen atoms in total. The summed E-state index contributed by atoms with van der Waals surface area (Å²) in [6.07, 6.45) is 0. The molecule has 2 heteroatoms. The monoisotopic (exact) mass is 641 g/mol. The molecule has 0 aliphatic heterocycles. The Balaban J connectivity index is 1.13. The van der Waals surface area contributed by atoms with Crippen LogP contribution in [0.3, 0.4) is 0 Å². The van der Waals surface area contributed by atoms with Gasteiger partial charge >= 0.3 is 0 Å². The summed E-state index contributed by atoms with van der Waals surface area (Å²) in [5, 5.41) is 9.04. The first kappa shape index (κ1) is 28.1. The van der Waals surface area contributed by atoms with Crippen LogP contribution in [0, 0.1) is 0 Å². The Kier molecular flexibility index (Phi) is 6.34. The van der Waals surface area contributed by atoms with Crippen molar-refractivity contribution in [3.8, 4) is 22.3 Å². The number of hydrogen-bond donors (Lipinski definition) is 1. The van der Waals surface area contributed by atoms with Crippen molar-refractivity contribution in [2.75, 3.05) is 5.32 Å². The summed E-state index contributed by atoms with van der Waals surface area (Å²) in [6, 6.07) is 66.7. The summed E-state index contributed by atoms with van der Waals surface area (Å²) >= 11 is 1.88. The molecule has 1 aromatic heterocycles. The molecule has 0 spiro atoms. The molecular weight excluding hydrogens is 611 g/mol. The van der Waals surface area contributed by atoms with E-state index in [-0.39, 0.29) is 0 Å². The molecule has 10 rings (SSSR count). The highest BCUT2D eigenvalue weighted by molar-refractivity contribution is 7.27. The van der Waals surface area contributed by atoms with Crippen LogP contribution < -0.4 is 5.32 Å². The zero-order chi connectivity index (χ0) is 32.4. The largest absolute Gasteiger partial charge is 0.354 e. The number of thiophene rings is 1. The third-order valence-corrected chi connectivity index (χ3v) is 11.6. The summed E-state index contributed by atoms with van der Waals surface area (Å²) < 4.78 is 2.62. The molecule has 1 heterocycles. The van der Waals surface area contributed by atoms with E-state index in [0.717, 1.165) is 11.4 Å². The van der Waals surface area contributed by atoms with Crippen molar-refractivity contribution in [3.63, 3.8) is 0 Å². The Hall–Kier alpha value is -5.96. The van der Waals surface area contributed by atoms with Crippen molar-refractivity contribution < 1.29 is 0 Å². The van der Waals surface area contributed by atoms with E-state index in [4.69, 9.17) is 0 Å². The lowest BCUT2D eigenvalue weighted by Gasteiger charge is -2.34. The smallest absolute Gasteiger partial charge is 0.0713 e. The minimum absolute atomic E-state index is 0.415. The predicted molar refractivity (Wildman–Crippen MR) is 209 cm³/mol. The molecule has 0 saturated heterocycles. The van der Waals surface area contributed by atoms with Crippen LogP contribution in [0.25, 0.3) is 53.2 Å². The van der Waals surface area contributed by atoms with E-state index < -0.39 is 5.41 Å². The topological polar surface area (TPSA) is 12.0 Å². The molecule has 1 aliphatic rings. The zero-order valence-corrected chi connectivity index (χ0v) is 27.5. The van der Waals surface area contributed by atoms with E-state index in [0.29, 0.717) is 0 Å². The number of nitrogens with one attached hydrogen (secondary N) is 1. The van der Waals surface area contributed by atoms with Gasteiger partial charge in [-0.15, -0.1) is 11.3 Å². The van der Waals surface area contributed by atoms with E-state index in [2.05, 4.69) is 187 Å². The Morgan fingerprint density at radius 2 is 1.06 bits per heavy atom. The van der Waals surface area contributed by atoms with Crippen molar-refractivity contribution in [2.45, 2.75) is 5.41 Å². The van der Waals surface area contributed by atoms with Gasteiger partial charge in [-0.3, -0.25) is 0 Å². The van der Waals surface area contributed by atoms with Crippen LogP contribution >= 0.6 is 11.3 Å².